The number of benzene rings is 3. The van der Waals surface area contributed by atoms with E-state index in [4.69, 9.17) is 5.73 Å². The van der Waals surface area contributed by atoms with E-state index in [1.54, 1.807) is 54.6 Å². The fourth-order valence-corrected chi connectivity index (χ4v) is 4.39. The summed E-state index contributed by atoms with van der Waals surface area (Å²) in [6.07, 6.45) is 0. The lowest BCUT2D eigenvalue weighted by Gasteiger charge is -2.09. The van der Waals surface area contributed by atoms with E-state index >= 15 is 0 Å². The van der Waals surface area contributed by atoms with Gasteiger partial charge >= 0.3 is 0 Å². The lowest BCUT2D eigenvalue weighted by molar-refractivity contribution is 0.104. The number of nitrogens with zero attached hydrogens (tertiary/aromatic N) is 2. The van der Waals surface area contributed by atoms with Crippen LogP contribution in [0.3, 0.4) is 0 Å². The zero-order chi connectivity index (χ0) is 21.3. The van der Waals surface area contributed by atoms with E-state index in [2.05, 4.69) is 10.2 Å². The van der Waals surface area contributed by atoms with Gasteiger partial charge in [0.25, 0.3) is 10.1 Å². The number of carbonyl (C=O) groups excluding carboxylic acids is 1. The van der Waals surface area contributed by atoms with Crippen molar-refractivity contribution in [2.24, 2.45) is 10.2 Å². The molecule has 0 bridgehead atoms. The Morgan fingerprint density at radius 1 is 0.933 bits per heavy atom. The maximum Gasteiger partial charge on any atom is 0.295 e. The maximum atomic E-state index is 12.4. The standard InChI is InChI=1S/C21H15N3O4S2/c22-20-16-5-2-1-4-15(16)19(30(26,27)28)12-17(20)24-23-14-9-7-13(8-10-14)21(25)18-6-3-11-29-18/h1-12H,22H2,(H,26,27,28). The first-order chi connectivity index (χ1) is 14.3. The van der Waals surface area contributed by atoms with Crippen molar-refractivity contribution >= 4 is 55.1 Å². The Hall–Kier alpha value is -3.40. The summed E-state index contributed by atoms with van der Waals surface area (Å²) in [5.74, 6) is -0.0787. The number of anilines is 1. The van der Waals surface area contributed by atoms with Gasteiger partial charge in [0.15, 0.2) is 0 Å². The van der Waals surface area contributed by atoms with Gasteiger partial charge < -0.3 is 5.73 Å². The summed E-state index contributed by atoms with van der Waals surface area (Å²) < 4.78 is 33.2. The Morgan fingerprint density at radius 2 is 1.63 bits per heavy atom. The zero-order valence-electron chi connectivity index (χ0n) is 15.4. The van der Waals surface area contributed by atoms with Gasteiger partial charge in [0.05, 0.1) is 16.3 Å². The Morgan fingerprint density at radius 3 is 2.27 bits per heavy atom. The molecule has 0 atom stereocenters. The smallest absolute Gasteiger partial charge is 0.295 e. The molecule has 0 saturated carbocycles. The second-order valence-electron chi connectivity index (χ2n) is 6.38. The number of hydrogen-bond acceptors (Lipinski definition) is 7. The Labute approximate surface area is 176 Å². The Kier molecular flexibility index (Phi) is 5.17. The minimum atomic E-state index is -4.48. The highest BCUT2D eigenvalue weighted by atomic mass is 32.2. The molecule has 4 rings (SSSR count). The molecule has 30 heavy (non-hydrogen) atoms. The molecule has 3 aromatic carbocycles. The monoisotopic (exact) mass is 437 g/mol. The van der Waals surface area contributed by atoms with Crippen LogP contribution < -0.4 is 5.73 Å². The summed E-state index contributed by atoms with van der Waals surface area (Å²) in [6.45, 7) is 0. The number of hydrogen-bond donors (Lipinski definition) is 2. The summed E-state index contributed by atoms with van der Waals surface area (Å²) in [5, 5.41) is 10.7. The van der Waals surface area contributed by atoms with Crippen LogP contribution >= 0.6 is 11.3 Å². The van der Waals surface area contributed by atoms with Crippen LogP contribution in [0, 0.1) is 0 Å². The van der Waals surface area contributed by atoms with Crippen LogP contribution in [0.25, 0.3) is 10.8 Å². The van der Waals surface area contributed by atoms with Gasteiger partial charge in [-0.2, -0.15) is 13.5 Å². The highest BCUT2D eigenvalue weighted by Gasteiger charge is 2.18. The van der Waals surface area contributed by atoms with Crippen LogP contribution in [0.1, 0.15) is 15.2 Å². The third-order valence-electron chi connectivity index (χ3n) is 4.45. The summed E-state index contributed by atoms with van der Waals surface area (Å²) in [6, 6.07) is 17.9. The molecular formula is C21H15N3O4S2. The highest BCUT2D eigenvalue weighted by molar-refractivity contribution is 7.86. The number of thiophene rings is 1. The average Bonchev–Trinajstić information content (AvgIpc) is 3.27. The van der Waals surface area contributed by atoms with Gasteiger partial charge in [0, 0.05) is 16.3 Å². The molecule has 0 amide bonds. The second kappa shape index (κ2) is 7.79. The minimum Gasteiger partial charge on any atom is -0.396 e. The molecule has 0 fully saturated rings. The van der Waals surface area contributed by atoms with Crippen LogP contribution in [-0.2, 0) is 10.1 Å². The van der Waals surface area contributed by atoms with Crippen molar-refractivity contribution in [2.45, 2.75) is 4.90 Å². The SMILES string of the molecule is Nc1c(N=Nc2ccc(C(=O)c3cccs3)cc2)cc(S(=O)(=O)O)c2ccccc12. The number of azo groups is 1. The minimum absolute atomic E-state index is 0.0787. The molecule has 7 nitrogen and oxygen atoms in total. The van der Waals surface area contributed by atoms with Crippen molar-refractivity contribution in [3.63, 3.8) is 0 Å². The molecule has 1 aromatic heterocycles. The van der Waals surface area contributed by atoms with E-state index in [0.717, 1.165) is 0 Å². The molecule has 1 heterocycles. The van der Waals surface area contributed by atoms with E-state index in [0.29, 0.717) is 26.9 Å². The highest BCUT2D eigenvalue weighted by Crippen LogP contribution is 2.36. The molecule has 3 N–H and O–H groups in total. The predicted octanol–water partition coefficient (Wildman–Crippen LogP) is 5.38. The molecule has 4 aromatic rings. The number of carbonyl (C=O) groups is 1. The lowest BCUT2D eigenvalue weighted by atomic mass is 10.1. The average molecular weight is 438 g/mol. The molecule has 0 aliphatic heterocycles. The van der Waals surface area contributed by atoms with Gasteiger partial charge in [-0.15, -0.1) is 16.5 Å². The molecular weight excluding hydrogens is 422 g/mol. The van der Waals surface area contributed by atoms with Crippen molar-refractivity contribution in [3.05, 3.63) is 82.6 Å². The molecule has 0 spiro atoms. The van der Waals surface area contributed by atoms with Gasteiger partial charge in [-0.3, -0.25) is 9.35 Å². The van der Waals surface area contributed by atoms with E-state index in [-0.39, 0.29) is 22.1 Å². The van der Waals surface area contributed by atoms with Gasteiger partial charge in [0.1, 0.15) is 10.6 Å². The molecule has 9 heteroatoms. The molecule has 0 aliphatic carbocycles. The second-order valence-corrected chi connectivity index (χ2v) is 8.72. The summed E-state index contributed by atoms with van der Waals surface area (Å²) in [4.78, 5) is 12.7. The summed E-state index contributed by atoms with van der Waals surface area (Å²) in [5.41, 5.74) is 7.47. The third-order valence-corrected chi connectivity index (χ3v) is 6.21. The molecule has 0 aliphatic rings. The van der Waals surface area contributed by atoms with E-state index in [1.165, 1.54) is 17.4 Å². The third kappa shape index (κ3) is 3.86. The molecule has 150 valence electrons. The summed E-state index contributed by atoms with van der Waals surface area (Å²) in [7, 11) is -4.48. The van der Waals surface area contributed by atoms with Crippen molar-refractivity contribution in [1.29, 1.82) is 0 Å². The first kappa shape index (κ1) is 19.9. The molecule has 0 unspecified atom stereocenters. The first-order valence-electron chi connectivity index (χ1n) is 8.73. The van der Waals surface area contributed by atoms with Crippen molar-refractivity contribution < 1.29 is 17.8 Å². The fourth-order valence-electron chi connectivity index (χ4n) is 2.99. The van der Waals surface area contributed by atoms with E-state index < -0.39 is 10.1 Å². The van der Waals surface area contributed by atoms with Gasteiger partial charge in [-0.1, -0.05) is 30.3 Å². The molecule has 0 saturated heterocycles. The van der Waals surface area contributed by atoms with E-state index in [1.807, 2.05) is 11.4 Å². The first-order valence-corrected chi connectivity index (χ1v) is 11.1. The number of nitrogens with two attached hydrogens (primary N) is 1. The normalized spacial score (nSPS) is 11.9. The lowest BCUT2D eigenvalue weighted by Crippen LogP contribution is -2.01. The number of ketones is 1. The van der Waals surface area contributed by atoms with Gasteiger partial charge in [-0.05, 0) is 41.8 Å². The van der Waals surface area contributed by atoms with Crippen LogP contribution in [0.15, 0.2) is 87.2 Å². The molecule has 0 radical (unpaired) electrons. The van der Waals surface area contributed by atoms with Gasteiger partial charge in [0.2, 0.25) is 5.78 Å². The van der Waals surface area contributed by atoms with Crippen LogP contribution in [0.5, 0.6) is 0 Å². The van der Waals surface area contributed by atoms with Crippen molar-refractivity contribution in [3.8, 4) is 0 Å². The maximum absolute atomic E-state index is 12.4. The largest absolute Gasteiger partial charge is 0.396 e. The van der Waals surface area contributed by atoms with Crippen LogP contribution in [0.4, 0.5) is 17.1 Å². The number of nitrogen functional groups attached to an aromatic ring is 1. The number of rotatable bonds is 5. The summed E-state index contributed by atoms with van der Waals surface area (Å²) >= 11 is 1.37. The van der Waals surface area contributed by atoms with Crippen LogP contribution in [0.2, 0.25) is 0 Å². The van der Waals surface area contributed by atoms with E-state index in [9.17, 15) is 17.8 Å². The van der Waals surface area contributed by atoms with Gasteiger partial charge in [-0.25, -0.2) is 0 Å². The van der Waals surface area contributed by atoms with Crippen molar-refractivity contribution in [2.75, 3.05) is 5.73 Å². The fraction of sp³-hybridized carbons (Fsp3) is 0. The van der Waals surface area contributed by atoms with Crippen molar-refractivity contribution in [1.82, 2.24) is 0 Å². The quantitative estimate of drug-likeness (QED) is 0.188. The Bertz CT molecular complexity index is 1380. The topological polar surface area (TPSA) is 122 Å². The number of fused-ring (bicyclic) bond motifs is 1. The Balaban J connectivity index is 1.69. The zero-order valence-corrected chi connectivity index (χ0v) is 17.0. The predicted molar refractivity (Wildman–Crippen MR) is 117 cm³/mol. The van der Waals surface area contributed by atoms with Crippen LogP contribution in [-0.4, -0.2) is 18.8 Å².